The van der Waals surface area contributed by atoms with Crippen molar-refractivity contribution in [1.82, 2.24) is 19.7 Å². The summed E-state index contributed by atoms with van der Waals surface area (Å²) in [5, 5.41) is 5.33. The van der Waals surface area contributed by atoms with Crippen molar-refractivity contribution in [2.24, 2.45) is 0 Å². The zero-order valence-electron chi connectivity index (χ0n) is 17.7. The van der Waals surface area contributed by atoms with Gasteiger partial charge in [0.05, 0.1) is 17.5 Å². The summed E-state index contributed by atoms with van der Waals surface area (Å²) in [6.07, 6.45) is 4.26. The van der Waals surface area contributed by atoms with Crippen LogP contribution in [0, 0.1) is 6.92 Å². The van der Waals surface area contributed by atoms with Crippen molar-refractivity contribution in [3.8, 4) is 0 Å². The molecule has 0 aliphatic carbocycles. The Hall–Kier alpha value is -2.89. The predicted octanol–water partition coefficient (Wildman–Crippen LogP) is 4.19. The van der Waals surface area contributed by atoms with Gasteiger partial charge in [0.2, 0.25) is 0 Å². The minimum absolute atomic E-state index is 0.00887. The monoisotopic (exact) mass is 391 g/mol. The maximum Gasteiger partial charge on any atom is 0.255 e. The maximum absolute atomic E-state index is 13.2. The number of benzene rings is 1. The summed E-state index contributed by atoms with van der Waals surface area (Å²) in [5.74, 6) is -0.00887. The van der Waals surface area contributed by atoms with Crippen molar-refractivity contribution in [3.05, 3.63) is 53.3 Å². The average molecular weight is 392 g/mol. The van der Waals surface area contributed by atoms with Gasteiger partial charge in [-0.2, -0.15) is 5.10 Å². The molecule has 0 saturated carbocycles. The highest BCUT2D eigenvalue weighted by Gasteiger charge is 2.21. The van der Waals surface area contributed by atoms with Gasteiger partial charge < -0.3 is 9.80 Å². The molecule has 1 aliphatic rings. The second kappa shape index (κ2) is 7.85. The smallest absolute Gasteiger partial charge is 0.255 e. The SMILES string of the molecule is Cc1nc2c(cnn2C(C)C)cc1C(=O)N(C)Cc1ccccc1N1CCCC1. The second-order valence-electron chi connectivity index (χ2n) is 8.20. The molecule has 0 spiro atoms. The Morgan fingerprint density at radius 2 is 1.93 bits per heavy atom. The number of amides is 1. The van der Waals surface area contributed by atoms with Crippen molar-refractivity contribution in [2.45, 2.75) is 46.2 Å². The summed E-state index contributed by atoms with van der Waals surface area (Å²) in [5.41, 5.74) is 4.64. The highest BCUT2D eigenvalue weighted by molar-refractivity contribution is 5.98. The molecular weight excluding hydrogens is 362 g/mol. The van der Waals surface area contributed by atoms with Crippen molar-refractivity contribution in [1.29, 1.82) is 0 Å². The molecule has 1 fully saturated rings. The van der Waals surface area contributed by atoms with Crippen LogP contribution >= 0.6 is 0 Å². The molecule has 2 aromatic heterocycles. The Balaban J connectivity index is 1.60. The number of rotatable bonds is 5. The van der Waals surface area contributed by atoms with Gasteiger partial charge in [-0.05, 0) is 51.3 Å². The van der Waals surface area contributed by atoms with E-state index in [0.717, 1.165) is 29.8 Å². The molecule has 0 N–H and O–H groups in total. The number of para-hydroxylation sites is 1. The van der Waals surface area contributed by atoms with Gasteiger partial charge in [-0.15, -0.1) is 0 Å². The van der Waals surface area contributed by atoms with Gasteiger partial charge in [-0.3, -0.25) is 4.79 Å². The molecule has 3 aromatic rings. The number of carbonyl (C=O) groups excluding carboxylic acids is 1. The first-order valence-electron chi connectivity index (χ1n) is 10.4. The van der Waals surface area contributed by atoms with Crippen LogP contribution in [-0.4, -0.2) is 45.7 Å². The van der Waals surface area contributed by atoms with E-state index in [1.807, 2.05) is 30.8 Å². The fourth-order valence-electron chi connectivity index (χ4n) is 4.10. The number of anilines is 1. The van der Waals surface area contributed by atoms with Crippen molar-refractivity contribution in [2.75, 3.05) is 25.0 Å². The molecule has 1 saturated heterocycles. The molecule has 6 heteroatoms. The number of hydrogen-bond acceptors (Lipinski definition) is 4. The fraction of sp³-hybridized carbons (Fsp3) is 0.435. The Kier molecular flexibility index (Phi) is 5.26. The standard InChI is InChI=1S/C23H29N5O/c1-16(2)28-22-19(14-24-28)13-20(17(3)25-22)23(29)26(4)15-18-9-5-6-10-21(18)27-11-7-8-12-27/h5-6,9-10,13-14,16H,7-8,11-12,15H2,1-4H3. The topological polar surface area (TPSA) is 54.3 Å². The Labute approximate surface area is 172 Å². The minimum Gasteiger partial charge on any atom is -0.371 e. The van der Waals surface area contributed by atoms with Gasteiger partial charge >= 0.3 is 0 Å². The predicted molar refractivity (Wildman–Crippen MR) is 116 cm³/mol. The number of nitrogens with zero attached hydrogens (tertiary/aromatic N) is 5. The fourth-order valence-corrected chi connectivity index (χ4v) is 4.10. The number of carbonyl (C=O) groups is 1. The van der Waals surface area contributed by atoms with Gasteiger partial charge in [-0.25, -0.2) is 9.67 Å². The van der Waals surface area contributed by atoms with Crippen molar-refractivity contribution >= 4 is 22.6 Å². The summed E-state index contributed by atoms with van der Waals surface area (Å²) >= 11 is 0. The lowest BCUT2D eigenvalue weighted by Gasteiger charge is -2.25. The van der Waals surface area contributed by atoms with E-state index in [0.29, 0.717) is 12.1 Å². The molecule has 0 radical (unpaired) electrons. The Bertz CT molecular complexity index is 1030. The van der Waals surface area contributed by atoms with Crippen LogP contribution in [0.4, 0.5) is 5.69 Å². The summed E-state index contributed by atoms with van der Waals surface area (Å²) in [6.45, 7) is 8.81. The van der Waals surface area contributed by atoms with E-state index in [4.69, 9.17) is 4.98 Å². The van der Waals surface area contributed by atoms with E-state index >= 15 is 0 Å². The summed E-state index contributed by atoms with van der Waals surface area (Å²) in [7, 11) is 1.87. The zero-order valence-corrected chi connectivity index (χ0v) is 17.7. The number of aryl methyl sites for hydroxylation is 1. The van der Waals surface area contributed by atoms with Crippen molar-refractivity contribution < 1.29 is 4.79 Å². The summed E-state index contributed by atoms with van der Waals surface area (Å²) in [4.78, 5) is 22.1. The number of fused-ring (bicyclic) bond motifs is 1. The van der Waals surface area contributed by atoms with E-state index in [1.165, 1.54) is 24.1 Å². The zero-order chi connectivity index (χ0) is 20.5. The molecule has 4 rings (SSSR count). The summed E-state index contributed by atoms with van der Waals surface area (Å²) in [6, 6.07) is 10.6. The number of aromatic nitrogens is 3. The highest BCUT2D eigenvalue weighted by Crippen LogP contribution is 2.26. The van der Waals surface area contributed by atoms with E-state index in [9.17, 15) is 4.79 Å². The first-order valence-corrected chi connectivity index (χ1v) is 10.4. The van der Waals surface area contributed by atoms with Crippen LogP contribution in [0.25, 0.3) is 11.0 Å². The molecule has 3 heterocycles. The molecule has 1 amide bonds. The number of hydrogen-bond donors (Lipinski definition) is 0. The Morgan fingerprint density at radius 3 is 2.66 bits per heavy atom. The molecule has 0 atom stereocenters. The average Bonchev–Trinajstić information content (AvgIpc) is 3.37. The van der Waals surface area contributed by atoms with Gasteiger partial charge in [0, 0.05) is 43.8 Å². The van der Waals surface area contributed by atoms with Crippen LogP contribution in [0.15, 0.2) is 36.5 Å². The molecule has 1 aromatic carbocycles. The van der Waals surface area contributed by atoms with Gasteiger partial charge in [0.1, 0.15) is 0 Å². The van der Waals surface area contributed by atoms with E-state index in [-0.39, 0.29) is 11.9 Å². The van der Waals surface area contributed by atoms with E-state index in [2.05, 4.69) is 42.0 Å². The lowest BCUT2D eigenvalue weighted by atomic mass is 10.1. The minimum atomic E-state index is -0.00887. The van der Waals surface area contributed by atoms with Crippen molar-refractivity contribution in [3.63, 3.8) is 0 Å². The van der Waals surface area contributed by atoms with Gasteiger partial charge in [0.15, 0.2) is 5.65 Å². The highest BCUT2D eigenvalue weighted by atomic mass is 16.2. The second-order valence-corrected chi connectivity index (χ2v) is 8.20. The third kappa shape index (κ3) is 3.71. The van der Waals surface area contributed by atoms with Gasteiger partial charge in [-0.1, -0.05) is 18.2 Å². The molecular formula is C23H29N5O. The Morgan fingerprint density at radius 1 is 1.21 bits per heavy atom. The van der Waals surface area contributed by atoms with Crippen LogP contribution in [0.1, 0.15) is 54.3 Å². The third-order valence-corrected chi connectivity index (χ3v) is 5.67. The molecule has 152 valence electrons. The summed E-state index contributed by atoms with van der Waals surface area (Å²) < 4.78 is 1.90. The van der Waals surface area contributed by atoms with Crippen LogP contribution in [0.3, 0.4) is 0 Å². The maximum atomic E-state index is 13.2. The first kappa shape index (κ1) is 19.4. The molecule has 6 nitrogen and oxygen atoms in total. The van der Waals surface area contributed by atoms with E-state index in [1.54, 1.807) is 11.1 Å². The molecule has 1 aliphatic heterocycles. The largest absolute Gasteiger partial charge is 0.371 e. The first-order chi connectivity index (χ1) is 14.0. The lowest BCUT2D eigenvalue weighted by Crippen LogP contribution is -2.28. The third-order valence-electron chi connectivity index (χ3n) is 5.67. The van der Waals surface area contributed by atoms with Crippen LogP contribution in [0.5, 0.6) is 0 Å². The van der Waals surface area contributed by atoms with Crippen LogP contribution in [0.2, 0.25) is 0 Å². The number of pyridine rings is 1. The normalized spacial score (nSPS) is 14.2. The lowest BCUT2D eigenvalue weighted by molar-refractivity contribution is 0.0784. The molecule has 0 unspecified atom stereocenters. The van der Waals surface area contributed by atoms with E-state index < -0.39 is 0 Å². The van der Waals surface area contributed by atoms with Gasteiger partial charge in [0.25, 0.3) is 5.91 Å². The molecule has 0 bridgehead atoms. The van der Waals surface area contributed by atoms with Crippen LogP contribution < -0.4 is 4.90 Å². The van der Waals surface area contributed by atoms with Crippen LogP contribution in [-0.2, 0) is 6.54 Å². The quantitative estimate of drug-likeness (QED) is 0.654. The molecule has 29 heavy (non-hydrogen) atoms.